The molecule has 0 bridgehead atoms. The quantitative estimate of drug-likeness (QED) is 0.546. The Balaban J connectivity index is 2.38. The number of aromatic nitrogens is 2. The molecule has 0 unspecified atom stereocenters. The predicted octanol–water partition coefficient (Wildman–Crippen LogP) is 2.23. The first-order valence-corrected chi connectivity index (χ1v) is 5.06. The summed E-state index contributed by atoms with van der Waals surface area (Å²) in [6.07, 6.45) is -1.18. The predicted molar refractivity (Wildman–Crippen MR) is 59.2 cm³/mol. The van der Waals surface area contributed by atoms with Crippen LogP contribution in [-0.2, 0) is 0 Å². The van der Waals surface area contributed by atoms with E-state index in [1.807, 2.05) is 5.40 Å². The van der Waals surface area contributed by atoms with Gasteiger partial charge in [0.1, 0.15) is 5.40 Å². The van der Waals surface area contributed by atoms with E-state index in [0.717, 1.165) is 16.7 Å². The number of nitrogens with one attached hydrogen (secondary N) is 2. The zero-order valence-electron chi connectivity index (χ0n) is 7.89. The Bertz CT molecular complexity index is 587. The Kier molecular flexibility index (Phi) is 2.66. The van der Waals surface area contributed by atoms with E-state index in [9.17, 15) is 4.79 Å². The molecule has 6 nitrogen and oxygen atoms in total. The topological polar surface area (TPSA) is 102 Å². The molecule has 0 aliphatic carbocycles. The summed E-state index contributed by atoms with van der Waals surface area (Å²) in [6.45, 7) is 0. The number of anilines is 1. The second-order valence-corrected chi connectivity index (χ2v) is 3.75. The van der Waals surface area contributed by atoms with Gasteiger partial charge in [-0.2, -0.15) is 5.26 Å². The van der Waals surface area contributed by atoms with Crippen molar-refractivity contribution in [1.82, 2.24) is 9.97 Å². The van der Waals surface area contributed by atoms with Gasteiger partial charge in [-0.25, -0.2) is 9.78 Å². The molecule has 1 aromatic heterocycles. The number of nitrogens with zero attached hydrogens (tertiary/aromatic N) is 2. The lowest BCUT2D eigenvalue weighted by molar-refractivity contribution is 0.209. The Morgan fingerprint density at radius 2 is 2.44 bits per heavy atom. The highest BCUT2D eigenvalue weighted by molar-refractivity contribution is 8.03. The lowest BCUT2D eigenvalue weighted by atomic mass is 10.3. The van der Waals surface area contributed by atoms with Crippen LogP contribution < -0.4 is 5.32 Å². The van der Waals surface area contributed by atoms with Gasteiger partial charge in [0.05, 0.1) is 11.0 Å². The largest absolute Gasteiger partial charge is 0.465 e. The van der Waals surface area contributed by atoms with Crippen molar-refractivity contribution in [3.8, 4) is 5.40 Å². The van der Waals surface area contributed by atoms with Gasteiger partial charge >= 0.3 is 6.09 Å². The summed E-state index contributed by atoms with van der Waals surface area (Å²) in [5, 5.41) is 21.1. The number of H-pyrrole nitrogens is 1. The monoisotopic (exact) mass is 234 g/mol. The molecule has 16 heavy (non-hydrogen) atoms. The normalized spacial score (nSPS) is 9.94. The first-order chi connectivity index (χ1) is 7.69. The maximum atomic E-state index is 10.4. The number of thioether (sulfide) groups is 1. The second kappa shape index (κ2) is 4.12. The summed E-state index contributed by atoms with van der Waals surface area (Å²) >= 11 is 1.03. The van der Waals surface area contributed by atoms with Crippen LogP contribution in [0.15, 0.2) is 23.1 Å². The van der Waals surface area contributed by atoms with E-state index in [2.05, 4.69) is 15.3 Å². The fourth-order valence-corrected chi connectivity index (χ4v) is 1.68. The minimum Gasteiger partial charge on any atom is -0.465 e. The molecule has 0 saturated carbocycles. The van der Waals surface area contributed by atoms with Crippen LogP contribution in [0.4, 0.5) is 10.7 Å². The third kappa shape index (κ3) is 2.07. The summed E-state index contributed by atoms with van der Waals surface area (Å²) in [7, 11) is 0. The van der Waals surface area contributed by atoms with E-state index in [1.165, 1.54) is 0 Å². The fourth-order valence-electron chi connectivity index (χ4n) is 1.27. The highest BCUT2D eigenvalue weighted by Gasteiger charge is 2.05. The van der Waals surface area contributed by atoms with Crippen LogP contribution >= 0.6 is 11.8 Å². The van der Waals surface area contributed by atoms with Gasteiger partial charge in [0.25, 0.3) is 0 Å². The van der Waals surface area contributed by atoms with Gasteiger partial charge in [0.2, 0.25) is 5.95 Å². The number of imidazole rings is 1. The molecular formula is C9H6N4O2S. The van der Waals surface area contributed by atoms with Crippen molar-refractivity contribution in [3.05, 3.63) is 18.2 Å². The molecule has 0 fully saturated rings. The number of carbonyl (C=O) groups is 1. The maximum absolute atomic E-state index is 10.4. The molecule has 2 rings (SSSR count). The molecule has 7 heteroatoms. The minimum absolute atomic E-state index is 0.168. The van der Waals surface area contributed by atoms with Crippen LogP contribution in [0, 0.1) is 10.7 Å². The second-order valence-electron chi connectivity index (χ2n) is 2.89. The van der Waals surface area contributed by atoms with Crippen molar-refractivity contribution >= 4 is 34.8 Å². The number of benzene rings is 1. The van der Waals surface area contributed by atoms with E-state index >= 15 is 0 Å². The van der Waals surface area contributed by atoms with Crippen molar-refractivity contribution in [2.24, 2.45) is 0 Å². The highest BCUT2D eigenvalue weighted by Crippen LogP contribution is 2.22. The van der Waals surface area contributed by atoms with E-state index in [-0.39, 0.29) is 5.95 Å². The van der Waals surface area contributed by atoms with Gasteiger partial charge in [-0.15, -0.1) is 0 Å². The van der Waals surface area contributed by atoms with E-state index in [0.29, 0.717) is 11.0 Å². The Morgan fingerprint density at radius 1 is 1.62 bits per heavy atom. The first kappa shape index (κ1) is 10.3. The van der Waals surface area contributed by atoms with Gasteiger partial charge in [-0.1, -0.05) is 0 Å². The smallest absolute Gasteiger partial charge is 0.411 e. The Labute approximate surface area is 94.3 Å². The van der Waals surface area contributed by atoms with Gasteiger partial charge < -0.3 is 10.1 Å². The molecule has 2 aromatic rings. The van der Waals surface area contributed by atoms with E-state index in [1.54, 1.807) is 18.2 Å². The average molecular weight is 234 g/mol. The van der Waals surface area contributed by atoms with Crippen LogP contribution in [0.5, 0.6) is 0 Å². The minimum atomic E-state index is -1.18. The fraction of sp³-hybridized carbons (Fsp3) is 0. The van der Waals surface area contributed by atoms with E-state index < -0.39 is 6.09 Å². The average Bonchev–Trinajstić information content (AvgIpc) is 2.58. The maximum Gasteiger partial charge on any atom is 0.411 e. The third-order valence-corrected chi connectivity index (χ3v) is 2.42. The first-order valence-electron chi connectivity index (χ1n) is 4.24. The van der Waals surface area contributed by atoms with Crippen molar-refractivity contribution in [2.75, 3.05) is 5.32 Å². The van der Waals surface area contributed by atoms with Gasteiger partial charge in [0, 0.05) is 4.90 Å². The number of carboxylic acid groups (broad SMARTS) is 1. The number of hydrogen-bond donors (Lipinski definition) is 3. The van der Waals surface area contributed by atoms with Crippen LogP contribution in [0.25, 0.3) is 11.0 Å². The van der Waals surface area contributed by atoms with Crippen LogP contribution in [0.2, 0.25) is 0 Å². The number of hydrogen-bond acceptors (Lipinski definition) is 4. The zero-order valence-corrected chi connectivity index (χ0v) is 8.71. The molecule has 0 saturated heterocycles. The third-order valence-electron chi connectivity index (χ3n) is 1.84. The summed E-state index contributed by atoms with van der Waals surface area (Å²) in [4.78, 5) is 18.0. The number of nitriles is 1. The number of aromatic amines is 1. The van der Waals surface area contributed by atoms with Crippen molar-refractivity contribution in [3.63, 3.8) is 0 Å². The van der Waals surface area contributed by atoms with Crippen LogP contribution in [0.1, 0.15) is 0 Å². The van der Waals surface area contributed by atoms with Crippen molar-refractivity contribution in [2.45, 2.75) is 4.90 Å². The number of thiocyanates is 1. The van der Waals surface area contributed by atoms with Gasteiger partial charge in [-0.05, 0) is 30.0 Å². The summed E-state index contributed by atoms with van der Waals surface area (Å²) in [6, 6.07) is 5.21. The number of fused-ring (bicyclic) bond motifs is 1. The molecule has 1 heterocycles. The SMILES string of the molecule is N#CSc1ccc2nc(NC(=O)O)[nH]c2c1. The lowest BCUT2D eigenvalue weighted by Gasteiger charge is -1.92. The van der Waals surface area contributed by atoms with Crippen molar-refractivity contribution in [1.29, 1.82) is 5.26 Å². The zero-order chi connectivity index (χ0) is 11.5. The molecule has 0 aliphatic rings. The van der Waals surface area contributed by atoms with E-state index in [4.69, 9.17) is 10.4 Å². The van der Waals surface area contributed by atoms with Crippen molar-refractivity contribution < 1.29 is 9.90 Å². The summed E-state index contributed by atoms with van der Waals surface area (Å²) in [5.41, 5.74) is 1.33. The van der Waals surface area contributed by atoms with Gasteiger partial charge in [0.15, 0.2) is 0 Å². The molecule has 3 N–H and O–H groups in total. The Morgan fingerprint density at radius 3 is 3.12 bits per heavy atom. The van der Waals surface area contributed by atoms with Crippen LogP contribution in [-0.4, -0.2) is 21.2 Å². The molecule has 1 amide bonds. The number of amides is 1. The summed E-state index contributed by atoms with van der Waals surface area (Å²) < 4.78 is 0. The standard InChI is InChI=1S/C9H6N4O2S/c10-4-16-5-1-2-6-7(3-5)12-8(11-6)13-9(14)15/h1-3H,(H,14,15)(H2,11,12,13). The molecule has 0 aliphatic heterocycles. The molecule has 80 valence electrons. The molecule has 1 aromatic carbocycles. The highest BCUT2D eigenvalue weighted by atomic mass is 32.2. The lowest BCUT2D eigenvalue weighted by Crippen LogP contribution is -2.08. The molecule has 0 radical (unpaired) electrons. The molecule has 0 spiro atoms. The number of rotatable bonds is 2. The molecule has 0 atom stereocenters. The Hall–Kier alpha value is -2.20. The summed E-state index contributed by atoms with van der Waals surface area (Å²) in [5.74, 6) is 0.168. The van der Waals surface area contributed by atoms with Crippen LogP contribution in [0.3, 0.4) is 0 Å². The molecular weight excluding hydrogens is 228 g/mol. The van der Waals surface area contributed by atoms with Gasteiger partial charge in [-0.3, -0.25) is 5.32 Å².